The molecule has 0 N–H and O–H groups in total. The molecule has 1 aromatic carbocycles. The van der Waals surface area contributed by atoms with Crippen molar-refractivity contribution in [1.82, 2.24) is 14.8 Å². The number of ether oxygens (including phenoxy) is 1. The van der Waals surface area contributed by atoms with E-state index < -0.39 is 0 Å². The summed E-state index contributed by atoms with van der Waals surface area (Å²) in [5.41, 5.74) is 1.24. The molecule has 4 nitrogen and oxygen atoms in total. The second-order valence-electron chi connectivity index (χ2n) is 3.91. The maximum absolute atomic E-state index is 5.38. The molecular formula is C13H17N3OS. The standard InChI is InChI=1S/C13H17N3OS/c1-11(12-5-3-4-6-13(12)17-2)18-8-7-16-10-14-9-15-16/h3-6,9-11H,7-8H2,1-2H3/t11-/m1/s1. The molecule has 0 unspecified atom stereocenters. The SMILES string of the molecule is COc1ccccc1[C@@H](C)SCCn1cncn1. The fourth-order valence-electron chi connectivity index (χ4n) is 1.76. The van der Waals surface area contributed by atoms with Crippen LogP contribution in [0.2, 0.25) is 0 Å². The molecule has 96 valence electrons. The Morgan fingerprint density at radius 1 is 1.39 bits per heavy atom. The van der Waals surface area contributed by atoms with Gasteiger partial charge in [-0.25, -0.2) is 4.98 Å². The Balaban J connectivity index is 1.89. The van der Waals surface area contributed by atoms with E-state index in [-0.39, 0.29) is 0 Å². The van der Waals surface area contributed by atoms with Gasteiger partial charge >= 0.3 is 0 Å². The summed E-state index contributed by atoms with van der Waals surface area (Å²) in [6, 6.07) is 8.16. The summed E-state index contributed by atoms with van der Waals surface area (Å²) in [5, 5.41) is 4.49. The Morgan fingerprint density at radius 3 is 2.94 bits per heavy atom. The Hall–Kier alpha value is -1.49. The number of methoxy groups -OCH3 is 1. The molecular weight excluding hydrogens is 246 g/mol. The van der Waals surface area contributed by atoms with Gasteiger partial charge in [-0.15, -0.1) is 0 Å². The lowest BCUT2D eigenvalue weighted by Crippen LogP contribution is -2.02. The fraction of sp³-hybridized carbons (Fsp3) is 0.385. The summed E-state index contributed by atoms with van der Waals surface area (Å²) in [6.45, 7) is 3.08. The molecule has 1 atom stereocenters. The van der Waals surface area contributed by atoms with Gasteiger partial charge in [-0.05, 0) is 13.0 Å². The van der Waals surface area contributed by atoms with E-state index in [1.165, 1.54) is 5.56 Å². The average Bonchev–Trinajstić information content (AvgIpc) is 2.91. The van der Waals surface area contributed by atoms with Gasteiger partial charge in [0, 0.05) is 16.6 Å². The molecule has 0 aliphatic heterocycles. The van der Waals surface area contributed by atoms with Crippen molar-refractivity contribution in [3.8, 4) is 5.75 Å². The third-order valence-electron chi connectivity index (χ3n) is 2.73. The van der Waals surface area contributed by atoms with Crippen molar-refractivity contribution in [3.05, 3.63) is 42.5 Å². The van der Waals surface area contributed by atoms with Crippen LogP contribution in [-0.4, -0.2) is 27.6 Å². The topological polar surface area (TPSA) is 39.9 Å². The first-order chi connectivity index (χ1) is 8.81. The summed E-state index contributed by atoms with van der Waals surface area (Å²) in [4.78, 5) is 3.93. The van der Waals surface area contributed by atoms with Gasteiger partial charge in [0.25, 0.3) is 0 Å². The number of benzene rings is 1. The normalized spacial score (nSPS) is 12.3. The van der Waals surface area contributed by atoms with Gasteiger partial charge in [-0.1, -0.05) is 18.2 Å². The van der Waals surface area contributed by atoms with Crippen LogP contribution in [0.5, 0.6) is 5.75 Å². The molecule has 0 radical (unpaired) electrons. The smallest absolute Gasteiger partial charge is 0.137 e. The van der Waals surface area contributed by atoms with Crippen LogP contribution in [0.15, 0.2) is 36.9 Å². The molecule has 0 fully saturated rings. The maximum atomic E-state index is 5.38. The van der Waals surface area contributed by atoms with E-state index in [2.05, 4.69) is 23.1 Å². The highest BCUT2D eigenvalue weighted by Crippen LogP contribution is 2.34. The van der Waals surface area contributed by atoms with Gasteiger partial charge in [0.05, 0.1) is 13.7 Å². The highest BCUT2D eigenvalue weighted by Gasteiger charge is 2.10. The molecule has 18 heavy (non-hydrogen) atoms. The van der Waals surface area contributed by atoms with Gasteiger partial charge in [0.1, 0.15) is 18.4 Å². The van der Waals surface area contributed by atoms with E-state index >= 15 is 0 Å². The summed E-state index contributed by atoms with van der Waals surface area (Å²) in [5.74, 6) is 1.96. The second kappa shape index (κ2) is 6.44. The van der Waals surface area contributed by atoms with Crippen LogP contribution in [-0.2, 0) is 6.54 Å². The molecule has 0 amide bonds. The third kappa shape index (κ3) is 3.26. The first-order valence-corrected chi connectivity index (χ1v) is 6.93. The quantitative estimate of drug-likeness (QED) is 0.803. The summed E-state index contributed by atoms with van der Waals surface area (Å²) in [6.07, 6.45) is 3.31. The van der Waals surface area contributed by atoms with Gasteiger partial charge < -0.3 is 4.74 Å². The molecule has 0 saturated heterocycles. The van der Waals surface area contributed by atoms with Crippen molar-refractivity contribution >= 4 is 11.8 Å². The van der Waals surface area contributed by atoms with Gasteiger partial charge in [0.15, 0.2) is 0 Å². The highest BCUT2D eigenvalue weighted by atomic mass is 32.2. The number of nitrogens with zero attached hydrogens (tertiary/aromatic N) is 3. The minimum Gasteiger partial charge on any atom is -0.496 e. The first-order valence-electron chi connectivity index (χ1n) is 5.88. The van der Waals surface area contributed by atoms with E-state index in [0.29, 0.717) is 5.25 Å². The first kappa shape index (κ1) is 13.0. The molecule has 2 rings (SSSR count). The van der Waals surface area contributed by atoms with Crippen LogP contribution in [0, 0.1) is 0 Å². The Bertz CT molecular complexity index is 473. The number of hydrogen-bond acceptors (Lipinski definition) is 4. The highest BCUT2D eigenvalue weighted by molar-refractivity contribution is 7.99. The van der Waals surface area contributed by atoms with Crippen LogP contribution in [0.1, 0.15) is 17.7 Å². The summed E-state index contributed by atoms with van der Waals surface area (Å²) >= 11 is 1.89. The molecule has 1 aromatic heterocycles. The lowest BCUT2D eigenvalue weighted by molar-refractivity contribution is 0.410. The third-order valence-corrected chi connectivity index (χ3v) is 3.90. The van der Waals surface area contributed by atoms with Crippen molar-refractivity contribution in [2.45, 2.75) is 18.7 Å². The van der Waals surface area contributed by atoms with E-state index in [1.54, 1.807) is 19.8 Å². The van der Waals surface area contributed by atoms with Crippen LogP contribution >= 0.6 is 11.8 Å². The lowest BCUT2D eigenvalue weighted by atomic mass is 10.1. The van der Waals surface area contributed by atoms with Crippen molar-refractivity contribution in [2.75, 3.05) is 12.9 Å². The zero-order valence-corrected chi connectivity index (χ0v) is 11.4. The predicted molar refractivity (Wildman–Crippen MR) is 73.9 cm³/mol. The van der Waals surface area contributed by atoms with Crippen molar-refractivity contribution in [2.24, 2.45) is 0 Å². The molecule has 1 heterocycles. The van der Waals surface area contributed by atoms with Crippen LogP contribution in [0.4, 0.5) is 0 Å². The minimum atomic E-state index is 0.407. The maximum Gasteiger partial charge on any atom is 0.137 e. The fourth-order valence-corrected chi connectivity index (χ4v) is 2.78. The van der Waals surface area contributed by atoms with Crippen LogP contribution < -0.4 is 4.74 Å². The van der Waals surface area contributed by atoms with E-state index in [1.807, 2.05) is 34.6 Å². The molecule has 0 aliphatic rings. The molecule has 5 heteroatoms. The van der Waals surface area contributed by atoms with Crippen molar-refractivity contribution in [3.63, 3.8) is 0 Å². The number of para-hydroxylation sites is 1. The number of aryl methyl sites for hydroxylation is 1. The Kier molecular flexibility index (Phi) is 4.64. The molecule has 0 spiro atoms. The predicted octanol–water partition coefficient (Wildman–Crippen LogP) is 2.78. The molecule has 2 aromatic rings. The van der Waals surface area contributed by atoms with E-state index in [0.717, 1.165) is 18.0 Å². The molecule has 0 aliphatic carbocycles. The Morgan fingerprint density at radius 2 is 2.22 bits per heavy atom. The van der Waals surface area contributed by atoms with E-state index in [4.69, 9.17) is 4.74 Å². The van der Waals surface area contributed by atoms with Gasteiger partial charge in [-0.2, -0.15) is 16.9 Å². The average molecular weight is 263 g/mol. The number of rotatable bonds is 6. The summed E-state index contributed by atoms with van der Waals surface area (Å²) in [7, 11) is 1.71. The monoisotopic (exact) mass is 263 g/mol. The zero-order chi connectivity index (χ0) is 12.8. The van der Waals surface area contributed by atoms with Gasteiger partial charge in [0.2, 0.25) is 0 Å². The molecule has 0 saturated carbocycles. The van der Waals surface area contributed by atoms with Crippen molar-refractivity contribution < 1.29 is 4.74 Å². The summed E-state index contributed by atoms with van der Waals surface area (Å²) < 4.78 is 7.23. The Labute approximate surface area is 111 Å². The number of aromatic nitrogens is 3. The van der Waals surface area contributed by atoms with Crippen molar-refractivity contribution in [1.29, 1.82) is 0 Å². The van der Waals surface area contributed by atoms with Crippen LogP contribution in [0.25, 0.3) is 0 Å². The minimum absolute atomic E-state index is 0.407. The van der Waals surface area contributed by atoms with Crippen LogP contribution in [0.3, 0.4) is 0 Å². The zero-order valence-electron chi connectivity index (χ0n) is 10.6. The van der Waals surface area contributed by atoms with E-state index in [9.17, 15) is 0 Å². The number of hydrogen-bond donors (Lipinski definition) is 0. The lowest BCUT2D eigenvalue weighted by Gasteiger charge is -2.15. The number of thioether (sulfide) groups is 1. The van der Waals surface area contributed by atoms with Gasteiger partial charge in [-0.3, -0.25) is 4.68 Å². The second-order valence-corrected chi connectivity index (χ2v) is 5.36. The largest absolute Gasteiger partial charge is 0.496 e. The molecule has 0 bridgehead atoms.